The number of carbonyl (C=O) groups is 3. The van der Waals surface area contributed by atoms with Gasteiger partial charge >= 0.3 is 6.03 Å². The van der Waals surface area contributed by atoms with Crippen LogP contribution < -0.4 is 5.32 Å². The summed E-state index contributed by atoms with van der Waals surface area (Å²) in [5, 5.41) is 4.65. The van der Waals surface area contributed by atoms with Crippen LogP contribution in [0.1, 0.15) is 17.4 Å². The molecule has 1 aliphatic heterocycles. The summed E-state index contributed by atoms with van der Waals surface area (Å²) in [5.41, 5.74) is -0.534. The Labute approximate surface area is 183 Å². The fourth-order valence-electron chi connectivity index (χ4n) is 3.70. The van der Waals surface area contributed by atoms with Gasteiger partial charge in [-0.3, -0.25) is 14.5 Å². The maximum absolute atomic E-state index is 13.3. The molecule has 0 bridgehead atoms. The minimum atomic E-state index is -1.24. The number of fused-ring (bicyclic) bond motifs is 1. The number of imide groups is 1. The van der Waals surface area contributed by atoms with Gasteiger partial charge in [-0.1, -0.05) is 54.1 Å². The van der Waals surface area contributed by atoms with E-state index >= 15 is 0 Å². The van der Waals surface area contributed by atoms with Crippen LogP contribution in [0.4, 0.5) is 4.79 Å². The van der Waals surface area contributed by atoms with E-state index in [-0.39, 0.29) is 12.5 Å². The maximum Gasteiger partial charge on any atom is 0.325 e. The minimum Gasteiger partial charge on any atom is -0.339 e. The standard InChI is InChI=1S/C22H20ClN3O3S/c1-22(17-9-5-7-14-6-3-4-8-16(14)17)20(28)26(21(29)24-22)13-19(27)25(2)12-15-10-11-18(23)30-15/h3-11H,12-13H2,1-2H3,(H,24,29)/t22-/m0/s1. The molecule has 0 unspecified atom stereocenters. The predicted molar refractivity (Wildman–Crippen MR) is 117 cm³/mol. The van der Waals surface area contributed by atoms with Crippen LogP contribution in [-0.2, 0) is 21.7 Å². The lowest BCUT2D eigenvalue weighted by atomic mass is 9.88. The largest absolute Gasteiger partial charge is 0.339 e. The van der Waals surface area contributed by atoms with Crippen LogP contribution in [-0.4, -0.2) is 41.2 Å². The molecule has 2 heterocycles. The molecule has 154 valence electrons. The first-order valence-corrected chi connectivity index (χ1v) is 10.6. The summed E-state index contributed by atoms with van der Waals surface area (Å²) in [7, 11) is 1.64. The van der Waals surface area contributed by atoms with Crippen LogP contribution in [0.5, 0.6) is 0 Å². The first kappa shape index (κ1) is 20.4. The Balaban J connectivity index is 1.55. The van der Waals surface area contributed by atoms with Crippen molar-refractivity contribution in [2.75, 3.05) is 13.6 Å². The lowest BCUT2D eigenvalue weighted by Gasteiger charge is -2.24. The summed E-state index contributed by atoms with van der Waals surface area (Å²) in [6.45, 7) is 1.72. The summed E-state index contributed by atoms with van der Waals surface area (Å²) >= 11 is 7.33. The molecule has 30 heavy (non-hydrogen) atoms. The highest BCUT2D eigenvalue weighted by Gasteiger charge is 2.50. The van der Waals surface area contributed by atoms with Crippen molar-refractivity contribution in [3.63, 3.8) is 0 Å². The lowest BCUT2D eigenvalue weighted by Crippen LogP contribution is -2.43. The zero-order chi connectivity index (χ0) is 21.5. The lowest BCUT2D eigenvalue weighted by molar-refractivity contribution is -0.138. The second-order valence-corrected chi connectivity index (χ2v) is 9.23. The zero-order valence-electron chi connectivity index (χ0n) is 16.5. The van der Waals surface area contributed by atoms with Crippen molar-refractivity contribution in [1.82, 2.24) is 15.1 Å². The summed E-state index contributed by atoms with van der Waals surface area (Å²) in [4.78, 5) is 42.0. The van der Waals surface area contributed by atoms with Gasteiger partial charge in [0, 0.05) is 11.9 Å². The Morgan fingerprint density at radius 2 is 1.87 bits per heavy atom. The van der Waals surface area contributed by atoms with Crippen molar-refractivity contribution in [2.45, 2.75) is 19.0 Å². The molecule has 1 fully saturated rings. The topological polar surface area (TPSA) is 69.7 Å². The zero-order valence-corrected chi connectivity index (χ0v) is 18.1. The van der Waals surface area contributed by atoms with E-state index in [0.717, 1.165) is 20.5 Å². The highest BCUT2D eigenvalue weighted by molar-refractivity contribution is 7.16. The van der Waals surface area contributed by atoms with Crippen molar-refractivity contribution < 1.29 is 14.4 Å². The van der Waals surface area contributed by atoms with E-state index in [1.807, 2.05) is 48.5 Å². The second kappa shape index (κ2) is 7.74. The summed E-state index contributed by atoms with van der Waals surface area (Å²) in [5.74, 6) is -0.769. The van der Waals surface area contributed by atoms with Crippen molar-refractivity contribution in [3.05, 3.63) is 69.4 Å². The third-order valence-electron chi connectivity index (χ3n) is 5.34. The monoisotopic (exact) mass is 441 g/mol. The molecule has 6 nitrogen and oxygen atoms in total. The number of hydrogen-bond donors (Lipinski definition) is 1. The van der Waals surface area contributed by atoms with Crippen molar-refractivity contribution >= 4 is 51.6 Å². The number of amides is 4. The molecule has 2 aromatic carbocycles. The van der Waals surface area contributed by atoms with Crippen LogP contribution >= 0.6 is 22.9 Å². The molecule has 1 N–H and O–H groups in total. The third-order valence-corrected chi connectivity index (χ3v) is 6.56. The van der Waals surface area contributed by atoms with Gasteiger partial charge in [-0.25, -0.2) is 4.79 Å². The number of nitrogens with one attached hydrogen (secondary N) is 1. The molecule has 1 aliphatic rings. The van der Waals surface area contributed by atoms with Crippen molar-refractivity contribution in [2.24, 2.45) is 0 Å². The van der Waals surface area contributed by atoms with Crippen molar-refractivity contribution in [1.29, 1.82) is 0 Å². The Morgan fingerprint density at radius 3 is 2.60 bits per heavy atom. The normalized spacial score (nSPS) is 18.7. The van der Waals surface area contributed by atoms with Gasteiger partial charge in [-0.2, -0.15) is 0 Å². The quantitative estimate of drug-likeness (QED) is 0.609. The molecule has 3 aromatic rings. The van der Waals surface area contributed by atoms with Crippen LogP contribution in [0.3, 0.4) is 0 Å². The highest BCUT2D eigenvalue weighted by Crippen LogP contribution is 2.33. The molecule has 1 saturated heterocycles. The number of rotatable bonds is 5. The highest BCUT2D eigenvalue weighted by atomic mass is 35.5. The van der Waals surface area contributed by atoms with Gasteiger partial charge in [-0.15, -0.1) is 11.3 Å². The average Bonchev–Trinajstić information content (AvgIpc) is 3.23. The van der Waals surface area contributed by atoms with Crippen LogP contribution in [0.2, 0.25) is 4.34 Å². The summed E-state index contributed by atoms with van der Waals surface area (Å²) in [6.07, 6.45) is 0. The maximum atomic E-state index is 13.3. The van der Waals surface area contributed by atoms with Crippen LogP contribution in [0, 0.1) is 0 Å². The van der Waals surface area contributed by atoms with E-state index < -0.39 is 17.5 Å². The molecule has 8 heteroatoms. The van der Waals surface area contributed by atoms with E-state index in [9.17, 15) is 14.4 Å². The number of thiophene rings is 1. The molecule has 1 atom stereocenters. The fourth-order valence-corrected chi connectivity index (χ4v) is 4.84. The van der Waals surface area contributed by atoms with E-state index in [4.69, 9.17) is 11.6 Å². The number of likely N-dealkylation sites (N-methyl/N-ethyl adjacent to an activating group) is 1. The first-order chi connectivity index (χ1) is 14.3. The molecule has 1 aromatic heterocycles. The second-order valence-electron chi connectivity index (χ2n) is 7.43. The fraction of sp³-hybridized carbons (Fsp3) is 0.227. The number of benzene rings is 2. The van der Waals surface area contributed by atoms with Gasteiger partial charge < -0.3 is 10.2 Å². The minimum absolute atomic E-state index is 0.319. The molecule has 0 saturated carbocycles. The van der Waals surface area contributed by atoms with E-state index in [2.05, 4.69) is 5.32 Å². The van der Waals surface area contributed by atoms with Gasteiger partial charge in [0.15, 0.2) is 0 Å². The van der Waals surface area contributed by atoms with E-state index in [1.165, 1.54) is 16.2 Å². The SMILES string of the molecule is CN(Cc1ccc(Cl)s1)C(=O)CN1C(=O)N[C@@](C)(c2cccc3ccccc23)C1=O. The molecule has 0 radical (unpaired) electrons. The van der Waals surface area contributed by atoms with Gasteiger partial charge in [0.25, 0.3) is 5.91 Å². The van der Waals surface area contributed by atoms with Gasteiger partial charge in [-0.05, 0) is 35.4 Å². The summed E-state index contributed by atoms with van der Waals surface area (Å²) in [6, 6.07) is 16.4. The average molecular weight is 442 g/mol. The smallest absolute Gasteiger partial charge is 0.325 e. The first-order valence-electron chi connectivity index (χ1n) is 9.40. The molecule has 0 spiro atoms. The molecular weight excluding hydrogens is 422 g/mol. The summed E-state index contributed by atoms with van der Waals surface area (Å²) < 4.78 is 0.644. The predicted octanol–water partition coefficient (Wildman–Crippen LogP) is 3.98. The number of carbonyl (C=O) groups excluding carboxylic acids is 3. The van der Waals surface area contributed by atoms with Crippen LogP contribution in [0.15, 0.2) is 54.6 Å². The molecule has 4 amide bonds. The van der Waals surface area contributed by atoms with Crippen LogP contribution in [0.25, 0.3) is 10.8 Å². The number of halogens is 1. The Morgan fingerprint density at radius 1 is 1.13 bits per heavy atom. The Bertz CT molecular complexity index is 1160. The molecular formula is C22H20ClN3O3S. The Hall–Kier alpha value is -2.90. The third kappa shape index (κ3) is 3.55. The number of urea groups is 1. The van der Waals surface area contributed by atoms with E-state index in [1.54, 1.807) is 20.0 Å². The van der Waals surface area contributed by atoms with Gasteiger partial charge in [0.2, 0.25) is 5.91 Å². The van der Waals surface area contributed by atoms with Gasteiger partial charge in [0.1, 0.15) is 12.1 Å². The molecule has 0 aliphatic carbocycles. The molecule has 4 rings (SSSR count). The van der Waals surface area contributed by atoms with E-state index in [0.29, 0.717) is 16.4 Å². The number of hydrogen-bond acceptors (Lipinski definition) is 4. The number of nitrogens with zero attached hydrogens (tertiary/aromatic N) is 2. The van der Waals surface area contributed by atoms with Crippen molar-refractivity contribution in [3.8, 4) is 0 Å². The Kier molecular flexibility index (Phi) is 5.26. The van der Waals surface area contributed by atoms with Gasteiger partial charge in [0.05, 0.1) is 10.9 Å².